The van der Waals surface area contributed by atoms with Crippen LogP contribution >= 0.6 is 0 Å². The van der Waals surface area contributed by atoms with E-state index >= 15 is 0 Å². The maximum Gasteiger partial charge on any atom is 0.141 e. The summed E-state index contributed by atoms with van der Waals surface area (Å²) in [5.41, 5.74) is 9.65. The van der Waals surface area contributed by atoms with Gasteiger partial charge in [-0.15, -0.1) is 0 Å². The van der Waals surface area contributed by atoms with Gasteiger partial charge in [0, 0.05) is 34.4 Å². The van der Waals surface area contributed by atoms with Crippen molar-refractivity contribution >= 4 is 44.1 Å². The number of hydrogen-bond donors (Lipinski definition) is 2. The molecule has 0 saturated heterocycles. The van der Waals surface area contributed by atoms with Crippen molar-refractivity contribution in [3.63, 3.8) is 0 Å². The van der Waals surface area contributed by atoms with Crippen molar-refractivity contribution in [1.29, 1.82) is 0 Å². The Morgan fingerprint density at radius 3 is 2.00 bits per heavy atom. The highest BCUT2D eigenvalue weighted by Crippen LogP contribution is 2.38. The fraction of sp³-hybridized carbons (Fsp3) is 0.0426. The third-order valence-corrected chi connectivity index (χ3v) is 10.2. The smallest absolute Gasteiger partial charge is 0.141 e. The maximum absolute atomic E-state index is 5.33. The maximum atomic E-state index is 5.33. The number of nitrogens with one attached hydrogen (secondary N) is 2. The Hall–Kier alpha value is -7.05. The van der Waals surface area contributed by atoms with Gasteiger partial charge < -0.3 is 10.6 Å². The van der Waals surface area contributed by atoms with Crippen LogP contribution in [0.15, 0.2) is 187 Å². The molecule has 0 radical (unpaired) electrons. The largest absolute Gasteiger partial charge is 0.378 e. The summed E-state index contributed by atoms with van der Waals surface area (Å²) in [7, 11) is 0. The SMILES string of the molecule is C1=CNC(c2nc3c4cnccc4c4ccccc4c3n2-c2ccc(-c3ccc(C4=CC(c5ccccc5)NC(c5ccccc5)=N4)cc3)cc2)C=C1. The van der Waals surface area contributed by atoms with Gasteiger partial charge in [0.15, 0.2) is 0 Å². The van der Waals surface area contributed by atoms with Gasteiger partial charge in [-0.3, -0.25) is 9.55 Å². The van der Waals surface area contributed by atoms with E-state index in [-0.39, 0.29) is 12.1 Å². The topological polar surface area (TPSA) is 67.1 Å². The van der Waals surface area contributed by atoms with Crippen LogP contribution in [-0.2, 0) is 0 Å². The molecule has 2 atom stereocenters. The molecule has 2 aliphatic rings. The molecule has 0 aliphatic carbocycles. The average molecular weight is 683 g/mol. The molecule has 2 N–H and O–H groups in total. The summed E-state index contributed by atoms with van der Waals surface area (Å²) in [6, 6.07) is 49.0. The minimum Gasteiger partial charge on any atom is -0.378 e. The molecule has 6 heteroatoms. The predicted octanol–water partition coefficient (Wildman–Crippen LogP) is 10.2. The van der Waals surface area contributed by atoms with E-state index < -0.39 is 0 Å². The van der Waals surface area contributed by atoms with Crippen molar-refractivity contribution in [1.82, 2.24) is 25.2 Å². The zero-order chi connectivity index (χ0) is 35.1. The van der Waals surface area contributed by atoms with Crippen LogP contribution in [0.5, 0.6) is 0 Å². The van der Waals surface area contributed by atoms with Crippen molar-refractivity contribution in [2.45, 2.75) is 12.1 Å². The van der Waals surface area contributed by atoms with Crippen molar-refractivity contribution in [2.24, 2.45) is 4.99 Å². The van der Waals surface area contributed by atoms with Crippen molar-refractivity contribution in [2.75, 3.05) is 0 Å². The molecule has 2 aliphatic heterocycles. The van der Waals surface area contributed by atoms with Crippen LogP contribution in [0.3, 0.4) is 0 Å². The molecule has 2 unspecified atom stereocenters. The van der Waals surface area contributed by atoms with E-state index in [0.29, 0.717) is 0 Å². The molecule has 252 valence electrons. The second-order valence-corrected chi connectivity index (χ2v) is 13.4. The van der Waals surface area contributed by atoms with Gasteiger partial charge in [-0.05, 0) is 69.6 Å². The fourth-order valence-electron chi connectivity index (χ4n) is 7.61. The number of imidazole rings is 1. The van der Waals surface area contributed by atoms with Crippen molar-refractivity contribution in [3.05, 3.63) is 205 Å². The van der Waals surface area contributed by atoms with Gasteiger partial charge in [-0.2, -0.15) is 0 Å². The first kappa shape index (κ1) is 30.7. The van der Waals surface area contributed by atoms with Crippen molar-refractivity contribution in [3.8, 4) is 16.8 Å². The lowest BCUT2D eigenvalue weighted by Gasteiger charge is -2.24. The van der Waals surface area contributed by atoms with Crippen LogP contribution in [0, 0.1) is 0 Å². The van der Waals surface area contributed by atoms with E-state index in [0.717, 1.165) is 72.5 Å². The van der Waals surface area contributed by atoms with Gasteiger partial charge in [0.1, 0.15) is 17.7 Å². The molecule has 2 aromatic heterocycles. The summed E-state index contributed by atoms with van der Waals surface area (Å²) in [4.78, 5) is 14.9. The van der Waals surface area contributed by atoms with Crippen molar-refractivity contribution < 1.29 is 0 Å². The molecule has 0 bridgehead atoms. The number of amidine groups is 1. The molecular weight excluding hydrogens is 649 g/mol. The van der Waals surface area contributed by atoms with E-state index in [1.165, 1.54) is 10.9 Å². The number of pyridine rings is 1. The molecule has 8 aromatic rings. The summed E-state index contributed by atoms with van der Waals surface area (Å²) in [5, 5.41) is 11.7. The minimum absolute atomic E-state index is 0.0111. The van der Waals surface area contributed by atoms with Crippen LogP contribution in [-0.4, -0.2) is 20.4 Å². The number of dihydropyridines is 1. The molecule has 53 heavy (non-hydrogen) atoms. The zero-order valence-corrected chi connectivity index (χ0v) is 28.8. The third-order valence-electron chi connectivity index (χ3n) is 10.2. The Labute approximate surface area is 307 Å². The van der Waals surface area contributed by atoms with E-state index in [2.05, 4.69) is 160 Å². The van der Waals surface area contributed by atoms with E-state index in [4.69, 9.17) is 9.98 Å². The van der Waals surface area contributed by atoms with Crippen LogP contribution in [0.4, 0.5) is 0 Å². The number of hydrogen-bond acceptors (Lipinski definition) is 5. The van der Waals surface area contributed by atoms with Gasteiger partial charge in [0.25, 0.3) is 0 Å². The lowest BCUT2D eigenvalue weighted by atomic mass is 9.98. The summed E-state index contributed by atoms with van der Waals surface area (Å²) < 4.78 is 2.31. The van der Waals surface area contributed by atoms with Gasteiger partial charge in [-0.1, -0.05) is 133 Å². The van der Waals surface area contributed by atoms with Crippen LogP contribution < -0.4 is 10.6 Å². The molecule has 0 fully saturated rings. The summed E-state index contributed by atoms with van der Waals surface area (Å²) in [6.07, 6.45) is 14.2. The number of aromatic nitrogens is 3. The summed E-state index contributed by atoms with van der Waals surface area (Å²) in [6.45, 7) is 0. The lowest BCUT2D eigenvalue weighted by molar-refractivity contribution is 0.682. The van der Waals surface area contributed by atoms with Crippen LogP contribution in [0.25, 0.3) is 55.1 Å². The normalized spacial score (nSPS) is 16.7. The lowest BCUT2D eigenvalue weighted by Crippen LogP contribution is -2.31. The highest BCUT2D eigenvalue weighted by molar-refractivity contribution is 6.23. The molecular formula is C47H34N6. The number of rotatable bonds is 6. The molecule has 0 amide bonds. The molecule has 6 aromatic carbocycles. The summed E-state index contributed by atoms with van der Waals surface area (Å²) in [5.74, 6) is 1.80. The highest BCUT2D eigenvalue weighted by atomic mass is 15.1. The monoisotopic (exact) mass is 682 g/mol. The Kier molecular flexibility index (Phi) is 7.50. The van der Waals surface area contributed by atoms with E-state index in [1.54, 1.807) is 0 Å². The zero-order valence-electron chi connectivity index (χ0n) is 28.8. The fourth-order valence-corrected chi connectivity index (χ4v) is 7.61. The minimum atomic E-state index is -0.0825. The second kappa shape index (κ2) is 12.9. The highest BCUT2D eigenvalue weighted by Gasteiger charge is 2.24. The Morgan fingerprint density at radius 2 is 1.25 bits per heavy atom. The van der Waals surface area contributed by atoms with Gasteiger partial charge >= 0.3 is 0 Å². The number of benzene rings is 6. The third kappa shape index (κ3) is 5.49. The number of fused-ring (bicyclic) bond motifs is 6. The Morgan fingerprint density at radius 1 is 0.566 bits per heavy atom. The Balaban J connectivity index is 1.04. The average Bonchev–Trinajstić information content (AvgIpc) is 3.66. The van der Waals surface area contributed by atoms with Gasteiger partial charge in [0.05, 0.1) is 22.8 Å². The number of aliphatic imine (C=N–C) groups is 1. The molecule has 10 rings (SSSR count). The first-order valence-corrected chi connectivity index (χ1v) is 17.9. The van der Waals surface area contributed by atoms with E-state index in [1.807, 2.05) is 42.9 Å². The first-order valence-electron chi connectivity index (χ1n) is 17.9. The quantitative estimate of drug-likeness (QED) is 0.171. The second-order valence-electron chi connectivity index (χ2n) is 13.4. The van der Waals surface area contributed by atoms with Gasteiger partial charge in [0.2, 0.25) is 0 Å². The number of allylic oxidation sites excluding steroid dienone is 2. The molecule has 6 nitrogen and oxygen atoms in total. The van der Waals surface area contributed by atoms with E-state index in [9.17, 15) is 0 Å². The van der Waals surface area contributed by atoms with Gasteiger partial charge in [-0.25, -0.2) is 9.98 Å². The molecule has 0 saturated carbocycles. The number of nitrogens with zero attached hydrogens (tertiary/aromatic N) is 4. The van der Waals surface area contributed by atoms with Crippen LogP contribution in [0.2, 0.25) is 0 Å². The van der Waals surface area contributed by atoms with Crippen LogP contribution in [0.1, 0.15) is 34.6 Å². The Bertz CT molecular complexity index is 2760. The standard InChI is InChI=1S/C47H34N6/c1-3-11-33(12-4-1)42-29-43(51-46(50-42)35-13-5-2-6-14-35)34-20-18-31(19-21-34)32-22-24-36(25-23-32)53-45-39-16-8-7-15-37(39)38-26-28-48-30-40(38)44(45)52-47(53)41-17-9-10-27-49-41/h1-30,41-42,49H,(H,50,51). The first-order chi connectivity index (χ1) is 26.3. The predicted molar refractivity (Wildman–Crippen MR) is 217 cm³/mol. The molecule has 0 spiro atoms. The summed E-state index contributed by atoms with van der Waals surface area (Å²) >= 11 is 0. The molecule has 4 heterocycles.